The van der Waals surface area contributed by atoms with E-state index >= 15 is 0 Å². The lowest BCUT2D eigenvalue weighted by Crippen LogP contribution is -2.48. The summed E-state index contributed by atoms with van der Waals surface area (Å²) < 4.78 is 4.92. The van der Waals surface area contributed by atoms with Crippen molar-refractivity contribution in [1.82, 2.24) is 5.32 Å². The van der Waals surface area contributed by atoms with Crippen LogP contribution in [0.4, 0.5) is 0 Å². The van der Waals surface area contributed by atoms with Crippen molar-refractivity contribution in [2.24, 2.45) is 0 Å². The van der Waals surface area contributed by atoms with E-state index in [0.29, 0.717) is 13.2 Å². The predicted octanol–water partition coefficient (Wildman–Crippen LogP) is 0.513. The van der Waals surface area contributed by atoms with E-state index < -0.39 is 5.97 Å². The SMILES string of the molecule is O=C(O)c1ccccc1C(=O)NC1COC1. The average molecular weight is 221 g/mol. The summed E-state index contributed by atoms with van der Waals surface area (Å²) in [7, 11) is 0. The summed E-state index contributed by atoms with van der Waals surface area (Å²) in [5.41, 5.74) is 0.196. The van der Waals surface area contributed by atoms with E-state index in [1.807, 2.05) is 0 Å². The van der Waals surface area contributed by atoms with E-state index in [2.05, 4.69) is 5.32 Å². The maximum absolute atomic E-state index is 11.7. The Morgan fingerprint density at radius 3 is 2.38 bits per heavy atom. The maximum atomic E-state index is 11.7. The van der Waals surface area contributed by atoms with Crippen LogP contribution >= 0.6 is 0 Å². The number of amides is 1. The summed E-state index contributed by atoms with van der Waals surface area (Å²) in [5, 5.41) is 11.6. The number of carbonyl (C=O) groups is 2. The molecular formula is C11H11NO4. The molecule has 0 atom stereocenters. The zero-order chi connectivity index (χ0) is 11.5. The topological polar surface area (TPSA) is 75.6 Å². The summed E-state index contributed by atoms with van der Waals surface area (Å²) in [6, 6.07) is 6.13. The van der Waals surface area contributed by atoms with Crippen LogP contribution in [0.25, 0.3) is 0 Å². The Morgan fingerprint density at radius 2 is 1.88 bits per heavy atom. The van der Waals surface area contributed by atoms with E-state index in [-0.39, 0.29) is 23.1 Å². The first-order valence-corrected chi connectivity index (χ1v) is 4.89. The number of carboxylic acids is 1. The van der Waals surface area contributed by atoms with Crippen molar-refractivity contribution >= 4 is 11.9 Å². The lowest BCUT2D eigenvalue weighted by atomic mass is 10.1. The standard InChI is InChI=1S/C11H11NO4/c13-10(12-7-5-16-6-7)8-3-1-2-4-9(8)11(14)15/h1-4,7H,5-6H2,(H,12,13)(H,14,15). The number of hydrogen-bond donors (Lipinski definition) is 2. The Labute approximate surface area is 92.0 Å². The summed E-state index contributed by atoms with van der Waals surface area (Å²) >= 11 is 0. The third-order valence-corrected chi connectivity index (χ3v) is 2.38. The molecule has 0 saturated carbocycles. The molecule has 1 saturated heterocycles. The van der Waals surface area contributed by atoms with Crippen LogP contribution in [0.3, 0.4) is 0 Å². The number of hydrogen-bond acceptors (Lipinski definition) is 3. The van der Waals surface area contributed by atoms with Crippen LogP contribution in [0, 0.1) is 0 Å². The quantitative estimate of drug-likeness (QED) is 0.779. The third kappa shape index (κ3) is 2.04. The molecule has 1 aromatic carbocycles. The van der Waals surface area contributed by atoms with Gasteiger partial charge < -0.3 is 15.2 Å². The molecule has 1 aromatic rings. The molecule has 16 heavy (non-hydrogen) atoms. The molecule has 0 radical (unpaired) electrons. The largest absolute Gasteiger partial charge is 0.478 e. The second-order valence-corrected chi connectivity index (χ2v) is 3.56. The van der Waals surface area contributed by atoms with Crippen molar-refractivity contribution in [1.29, 1.82) is 0 Å². The van der Waals surface area contributed by atoms with Gasteiger partial charge in [-0.05, 0) is 12.1 Å². The van der Waals surface area contributed by atoms with E-state index in [9.17, 15) is 9.59 Å². The normalized spacial score (nSPS) is 15.2. The zero-order valence-electron chi connectivity index (χ0n) is 8.47. The summed E-state index contributed by atoms with van der Waals surface area (Å²) in [4.78, 5) is 22.6. The molecule has 1 aliphatic rings. The van der Waals surface area contributed by atoms with Crippen LogP contribution in [0.1, 0.15) is 20.7 Å². The summed E-state index contributed by atoms with van der Waals surface area (Å²) in [6.07, 6.45) is 0. The van der Waals surface area contributed by atoms with Crippen molar-refractivity contribution in [2.45, 2.75) is 6.04 Å². The van der Waals surface area contributed by atoms with E-state index in [1.165, 1.54) is 12.1 Å². The van der Waals surface area contributed by atoms with E-state index in [4.69, 9.17) is 9.84 Å². The van der Waals surface area contributed by atoms with Crippen LogP contribution in [-0.4, -0.2) is 36.2 Å². The van der Waals surface area contributed by atoms with Gasteiger partial charge in [-0.2, -0.15) is 0 Å². The average Bonchev–Trinajstić information content (AvgIpc) is 2.23. The summed E-state index contributed by atoms with van der Waals surface area (Å²) in [5.74, 6) is -1.47. The van der Waals surface area contributed by atoms with Gasteiger partial charge in [0.25, 0.3) is 5.91 Å². The Morgan fingerprint density at radius 1 is 1.25 bits per heavy atom. The highest BCUT2D eigenvalue weighted by molar-refractivity contribution is 6.04. The molecule has 0 bridgehead atoms. The van der Waals surface area contributed by atoms with E-state index in [0.717, 1.165) is 0 Å². The lowest BCUT2D eigenvalue weighted by molar-refractivity contribution is -0.00349. The molecule has 84 valence electrons. The Balaban J connectivity index is 2.18. The van der Waals surface area contributed by atoms with Crippen LogP contribution in [0.15, 0.2) is 24.3 Å². The molecule has 1 fully saturated rings. The van der Waals surface area contributed by atoms with Gasteiger partial charge in [0.1, 0.15) is 0 Å². The molecule has 0 spiro atoms. The van der Waals surface area contributed by atoms with Crippen LogP contribution < -0.4 is 5.32 Å². The molecular weight excluding hydrogens is 210 g/mol. The second-order valence-electron chi connectivity index (χ2n) is 3.56. The minimum Gasteiger partial charge on any atom is -0.478 e. The van der Waals surface area contributed by atoms with Crippen LogP contribution in [0.2, 0.25) is 0 Å². The highest BCUT2D eigenvalue weighted by atomic mass is 16.5. The molecule has 0 aliphatic carbocycles. The van der Waals surface area contributed by atoms with Crippen molar-refractivity contribution in [3.63, 3.8) is 0 Å². The number of ether oxygens (including phenoxy) is 1. The summed E-state index contributed by atoms with van der Waals surface area (Å²) in [6.45, 7) is 0.974. The fraction of sp³-hybridized carbons (Fsp3) is 0.273. The molecule has 5 heteroatoms. The van der Waals surface area contributed by atoms with Gasteiger partial charge in [-0.1, -0.05) is 12.1 Å². The number of carbonyl (C=O) groups excluding carboxylic acids is 1. The number of rotatable bonds is 3. The lowest BCUT2D eigenvalue weighted by Gasteiger charge is -2.26. The van der Waals surface area contributed by atoms with Gasteiger partial charge in [0.05, 0.1) is 30.4 Å². The maximum Gasteiger partial charge on any atom is 0.336 e. The molecule has 0 unspecified atom stereocenters. The Kier molecular flexibility index (Phi) is 2.87. The van der Waals surface area contributed by atoms with E-state index in [1.54, 1.807) is 12.1 Å². The predicted molar refractivity (Wildman–Crippen MR) is 55.5 cm³/mol. The molecule has 2 rings (SSSR count). The fourth-order valence-electron chi connectivity index (χ4n) is 1.45. The Bertz CT molecular complexity index is 426. The molecule has 1 aliphatic heterocycles. The molecule has 2 N–H and O–H groups in total. The molecule has 1 amide bonds. The third-order valence-electron chi connectivity index (χ3n) is 2.38. The Hall–Kier alpha value is -1.88. The second kappa shape index (κ2) is 4.32. The number of aromatic carboxylic acids is 1. The van der Waals surface area contributed by atoms with Gasteiger partial charge in [0.2, 0.25) is 0 Å². The first-order chi connectivity index (χ1) is 7.68. The minimum atomic E-state index is -1.10. The van der Waals surface area contributed by atoms with Gasteiger partial charge in [-0.15, -0.1) is 0 Å². The van der Waals surface area contributed by atoms with Crippen molar-refractivity contribution in [3.8, 4) is 0 Å². The zero-order valence-corrected chi connectivity index (χ0v) is 8.47. The highest BCUT2D eigenvalue weighted by Crippen LogP contribution is 2.10. The van der Waals surface area contributed by atoms with Crippen molar-refractivity contribution in [2.75, 3.05) is 13.2 Å². The number of benzene rings is 1. The first-order valence-electron chi connectivity index (χ1n) is 4.89. The first kappa shape index (κ1) is 10.6. The van der Waals surface area contributed by atoms with Crippen molar-refractivity contribution in [3.05, 3.63) is 35.4 Å². The van der Waals surface area contributed by atoms with Gasteiger partial charge >= 0.3 is 5.97 Å². The smallest absolute Gasteiger partial charge is 0.336 e. The van der Waals surface area contributed by atoms with Crippen molar-refractivity contribution < 1.29 is 19.4 Å². The van der Waals surface area contributed by atoms with Gasteiger partial charge in [-0.3, -0.25) is 4.79 Å². The molecule has 5 nitrogen and oxygen atoms in total. The molecule has 1 heterocycles. The highest BCUT2D eigenvalue weighted by Gasteiger charge is 2.23. The van der Waals surface area contributed by atoms with Gasteiger partial charge in [-0.25, -0.2) is 4.79 Å². The minimum absolute atomic E-state index is 0.00523. The van der Waals surface area contributed by atoms with Gasteiger partial charge in [0.15, 0.2) is 0 Å². The fourth-order valence-corrected chi connectivity index (χ4v) is 1.45. The number of carboxylic acid groups (broad SMARTS) is 1. The van der Waals surface area contributed by atoms with Crippen LogP contribution in [0.5, 0.6) is 0 Å². The number of nitrogens with one attached hydrogen (secondary N) is 1. The monoisotopic (exact) mass is 221 g/mol. The van der Waals surface area contributed by atoms with Crippen LogP contribution in [-0.2, 0) is 4.74 Å². The van der Waals surface area contributed by atoms with Gasteiger partial charge in [0, 0.05) is 0 Å². The molecule has 0 aromatic heterocycles.